The standard InChI is InChI=1S/C4H7NO/c1-3-5-6-4-2/h5H,1-2H3. The minimum Gasteiger partial charge on any atom is -0.288 e. The Morgan fingerprint density at radius 1 is 1.50 bits per heavy atom. The van der Waals surface area contributed by atoms with Crippen LogP contribution in [0.2, 0.25) is 0 Å². The number of hydrogen-bond donors (Lipinski definition) is 1. The van der Waals surface area contributed by atoms with Crippen LogP contribution >= 0.6 is 0 Å². The van der Waals surface area contributed by atoms with E-state index in [0.717, 1.165) is 0 Å². The quantitative estimate of drug-likeness (QED) is 0.308. The smallest absolute Gasteiger partial charge is 0.154 e. The minimum absolute atomic E-state index is 1.66. The Kier molecular flexibility index (Phi) is 4.85. The molecule has 0 spiro atoms. The molecule has 0 amide bonds. The molecule has 0 aliphatic carbocycles. The van der Waals surface area contributed by atoms with Crippen molar-refractivity contribution in [2.24, 2.45) is 0 Å². The predicted octanol–water partition coefficient (Wildman–Crippen LogP) is 0.625. The van der Waals surface area contributed by atoms with Crippen molar-refractivity contribution < 1.29 is 4.84 Å². The Hall–Kier alpha value is -0.0800. The molecule has 0 atom stereocenters. The van der Waals surface area contributed by atoms with Crippen molar-refractivity contribution in [3.05, 3.63) is 13.2 Å². The van der Waals surface area contributed by atoms with Gasteiger partial charge in [0.25, 0.3) is 0 Å². The van der Waals surface area contributed by atoms with Gasteiger partial charge in [-0.05, 0) is 13.8 Å². The van der Waals surface area contributed by atoms with Crippen LogP contribution in [-0.2, 0) is 4.84 Å². The molecule has 0 heterocycles. The molecular weight excluding hydrogens is 78.0 g/mol. The maximum atomic E-state index is 4.37. The number of rotatable bonds is 3. The summed E-state index contributed by atoms with van der Waals surface area (Å²) in [5.74, 6) is 0. The lowest BCUT2D eigenvalue weighted by Crippen LogP contribution is -2.04. The Balaban J connectivity index is 2.34. The highest BCUT2D eigenvalue weighted by molar-refractivity contribution is 4.39. The fraction of sp³-hybridized carbons (Fsp3) is 0.500. The molecule has 0 aromatic heterocycles. The number of hydroxylamine groups is 1. The summed E-state index contributed by atoms with van der Waals surface area (Å²) in [5, 5.41) is 0. The van der Waals surface area contributed by atoms with Gasteiger partial charge in [-0.3, -0.25) is 4.84 Å². The van der Waals surface area contributed by atoms with Crippen molar-refractivity contribution >= 4 is 0 Å². The second-order valence-corrected chi connectivity index (χ2v) is 0.658. The summed E-state index contributed by atoms with van der Waals surface area (Å²) in [5.41, 5.74) is 2.34. The van der Waals surface area contributed by atoms with E-state index in [2.05, 4.69) is 23.5 Å². The summed E-state index contributed by atoms with van der Waals surface area (Å²) in [6, 6.07) is 0. The summed E-state index contributed by atoms with van der Waals surface area (Å²) in [4.78, 5) is 4.37. The molecule has 0 saturated carbocycles. The van der Waals surface area contributed by atoms with Gasteiger partial charge in [0, 0.05) is 0 Å². The molecule has 2 heteroatoms. The monoisotopic (exact) mass is 85.1 g/mol. The zero-order chi connectivity index (χ0) is 4.83. The van der Waals surface area contributed by atoms with Crippen molar-refractivity contribution in [1.29, 1.82) is 0 Å². The van der Waals surface area contributed by atoms with E-state index in [1.165, 1.54) is 0 Å². The molecule has 34 valence electrons. The van der Waals surface area contributed by atoms with Gasteiger partial charge in [0.1, 0.15) is 0 Å². The average Bonchev–Trinajstić information content (AvgIpc) is 1.61. The van der Waals surface area contributed by atoms with Crippen LogP contribution < -0.4 is 5.48 Å². The predicted molar refractivity (Wildman–Crippen MR) is 22.1 cm³/mol. The van der Waals surface area contributed by atoms with Crippen LogP contribution in [-0.4, -0.2) is 0 Å². The summed E-state index contributed by atoms with van der Waals surface area (Å²) in [6.45, 7) is 8.29. The highest BCUT2D eigenvalue weighted by Crippen LogP contribution is 1.70. The van der Waals surface area contributed by atoms with Gasteiger partial charge in [-0.2, -0.15) is 5.48 Å². The fourth-order valence-electron chi connectivity index (χ4n) is 0.102. The Bertz CT molecular complexity index is 19.5. The van der Waals surface area contributed by atoms with E-state index < -0.39 is 0 Å². The molecule has 0 aliphatic heterocycles. The largest absolute Gasteiger partial charge is 0.288 e. The molecule has 0 unspecified atom stereocenters. The van der Waals surface area contributed by atoms with Crippen molar-refractivity contribution in [3.8, 4) is 0 Å². The van der Waals surface area contributed by atoms with Crippen molar-refractivity contribution in [1.82, 2.24) is 5.48 Å². The molecule has 6 heavy (non-hydrogen) atoms. The Morgan fingerprint density at radius 2 is 2.17 bits per heavy atom. The van der Waals surface area contributed by atoms with Crippen LogP contribution in [0.25, 0.3) is 0 Å². The highest BCUT2D eigenvalue weighted by Gasteiger charge is 1.73. The van der Waals surface area contributed by atoms with Crippen LogP contribution in [0.1, 0.15) is 13.8 Å². The first-order valence-corrected chi connectivity index (χ1v) is 1.66. The molecule has 0 aromatic rings. The summed E-state index contributed by atoms with van der Waals surface area (Å²) < 4.78 is 0. The van der Waals surface area contributed by atoms with E-state index in [9.17, 15) is 0 Å². The lowest BCUT2D eigenvalue weighted by molar-refractivity contribution is 0.121. The van der Waals surface area contributed by atoms with Crippen LogP contribution in [0.5, 0.6) is 0 Å². The first-order valence-electron chi connectivity index (χ1n) is 1.66. The van der Waals surface area contributed by atoms with E-state index in [1.807, 2.05) is 0 Å². The molecule has 0 bridgehead atoms. The van der Waals surface area contributed by atoms with E-state index in [0.29, 0.717) is 0 Å². The van der Waals surface area contributed by atoms with Gasteiger partial charge in [0.05, 0.1) is 6.54 Å². The van der Waals surface area contributed by atoms with Gasteiger partial charge in [0.15, 0.2) is 6.61 Å². The Morgan fingerprint density at radius 3 is 2.33 bits per heavy atom. The molecule has 2 nitrogen and oxygen atoms in total. The van der Waals surface area contributed by atoms with Crippen LogP contribution in [0.4, 0.5) is 0 Å². The molecular formula is C4H7NO. The van der Waals surface area contributed by atoms with Crippen molar-refractivity contribution in [3.63, 3.8) is 0 Å². The van der Waals surface area contributed by atoms with Gasteiger partial charge in [-0.15, -0.1) is 0 Å². The maximum absolute atomic E-state index is 4.37. The van der Waals surface area contributed by atoms with Crippen LogP contribution in [0.3, 0.4) is 0 Å². The van der Waals surface area contributed by atoms with E-state index in [1.54, 1.807) is 13.8 Å². The molecule has 0 fully saturated rings. The second kappa shape index (κ2) is 4.92. The van der Waals surface area contributed by atoms with Gasteiger partial charge < -0.3 is 0 Å². The lowest BCUT2D eigenvalue weighted by atomic mass is 10.8. The zero-order valence-corrected chi connectivity index (χ0v) is 3.91. The third-order valence-corrected chi connectivity index (χ3v) is 0.255. The van der Waals surface area contributed by atoms with Crippen molar-refractivity contribution in [2.45, 2.75) is 13.8 Å². The average molecular weight is 85.1 g/mol. The van der Waals surface area contributed by atoms with Crippen LogP contribution in [0.15, 0.2) is 0 Å². The SMILES string of the molecule is C[C]NO[C]C. The fourth-order valence-corrected chi connectivity index (χ4v) is 0.102. The van der Waals surface area contributed by atoms with Gasteiger partial charge in [-0.25, -0.2) is 0 Å². The third kappa shape index (κ3) is 3.92. The van der Waals surface area contributed by atoms with Crippen molar-refractivity contribution in [2.75, 3.05) is 0 Å². The van der Waals surface area contributed by atoms with E-state index in [4.69, 9.17) is 0 Å². The van der Waals surface area contributed by atoms with E-state index in [-0.39, 0.29) is 0 Å². The summed E-state index contributed by atoms with van der Waals surface area (Å²) in [7, 11) is 0. The van der Waals surface area contributed by atoms with Gasteiger partial charge in [0.2, 0.25) is 0 Å². The first-order chi connectivity index (χ1) is 2.91. The normalized spacial score (nSPS) is 9.00. The molecule has 0 saturated heterocycles. The number of hydrogen-bond acceptors (Lipinski definition) is 2. The summed E-state index contributed by atoms with van der Waals surface area (Å²) in [6.07, 6.45) is 0. The Labute approximate surface area is 38.5 Å². The van der Waals surface area contributed by atoms with Gasteiger partial charge >= 0.3 is 0 Å². The first kappa shape index (κ1) is 5.92. The van der Waals surface area contributed by atoms with Crippen LogP contribution in [0, 0.1) is 13.2 Å². The van der Waals surface area contributed by atoms with Gasteiger partial charge in [-0.1, -0.05) is 0 Å². The lowest BCUT2D eigenvalue weighted by Gasteiger charge is -1.91. The molecule has 4 radical (unpaired) electrons. The molecule has 0 rings (SSSR count). The topological polar surface area (TPSA) is 21.3 Å². The summed E-state index contributed by atoms with van der Waals surface area (Å²) >= 11 is 0. The zero-order valence-electron chi connectivity index (χ0n) is 3.91. The number of nitrogens with one attached hydrogen (secondary N) is 1. The maximum Gasteiger partial charge on any atom is 0.154 e. The molecule has 0 aromatic carbocycles. The highest BCUT2D eigenvalue weighted by atomic mass is 16.6. The second-order valence-electron chi connectivity index (χ2n) is 0.658. The molecule has 1 N–H and O–H groups in total. The third-order valence-electron chi connectivity index (χ3n) is 0.255. The molecule has 0 aliphatic rings. The minimum atomic E-state index is 1.66. The van der Waals surface area contributed by atoms with E-state index >= 15 is 0 Å².